The van der Waals surface area contributed by atoms with E-state index in [1.54, 1.807) is 13.3 Å². The molecule has 0 saturated carbocycles. The van der Waals surface area contributed by atoms with E-state index in [0.29, 0.717) is 18.1 Å². The molecule has 0 bridgehead atoms. The van der Waals surface area contributed by atoms with Crippen LogP contribution in [0.1, 0.15) is 16.7 Å². The minimum Gasteiger partial charge on any atom is -0.493 e. The van der Waals surface area contributed by atoms with Gasteiger partial charge in [-0.1, -0.05) is 58.4 Å². The normalized spacial score (nSPS) is 10.8. The minimum atomic E-state index is -0.173. The Morgan fingerprint density at radius 2 is 1.83 bits per heavy atom. The Bertz CT molecular complexity index is 1020. The molecule has 1 N–H and O–H groups in total. The van der Waals surface area contributed by atoms with Gasteiger partial charge in [-0.3, -0.25) is 4.79 Å². The molecule has 5 nitrogen and oxygen atoms in total. The molecule has 0 aliphatic carbocycles. The number of hydrazone groups is 1. The number of ether oxygens (including phenoxy) is 2. The summed E-state index contributed by atoms with van der Waals surface area (Å²) in [5.74, 6) is 1.11. The lowest BCUT2D eigenvalue weighted by molar-refractivity contribution is -0.120. The highest BCUT2D eigenvalue weighted by Crippen LogP contribution is 2.34. The first-order chi connectivity index (χ1) is 14.5. The third-order valence-corrected chi connectivity index (χ3v) is 5.49. The lowest BCUT2D eigenvalue weighted by atomic mass is 10.1. The standard InChI is InChI=1S/C23H20BrIN2O3/c1-29-21-12-18(14-26-27-22(28)13-16-5-3-2-4-6-16)11-20(25)23(21)30-15-17-7-9-19(24)10-8-17/h2-12,14H,13,15H2,1H3,(H,27,28)/b26-14+. The Balaban J connectivity index is 1.63. The van der Waals surface area contributed by atoms with Gasteiger partial charge in [0.2, 0.25) is 5.91 Å². The second-order valence-electron chi connectivity index (χ2n) is 6.40. The van der Waals surface area contributed by atoms with Crippen LogP contribution in [0.15, 0.2) is 76.3 Å². The maximum atomic E-state index is 12.0. The average molecular weight is 579 g/mol. The SMILES string of the molecule is COc1cc(/C=N/NC(=O)Cc2ccccc2)cc(I)c1OCc1ccc(Br)cc1. The smallest absolute Gasteiger partial charge is 0.244 e. The van der Waals surface area contributed by atoms with Crippen LogP contribution in [0.4, 0.5) is 0 Å². The molecular formula is C23H20BrIN2O3. The summed E-state index contributed by atoms with van der Waals surface area (Å²) in [6.45, 7) is 0.433. The van der Waals surface area contributed by atoms with Crippen LogP contribution in [0.2, 0.25) is 0 Å². The first-order valence-corrected chi connectivity index (χ1v) is 11.0. The summed E-state index contributed by atoms with van der Waals surface area (Å²) in [5, 5.41) is 4.06. The number of hydrogen-bond donors (Lipinski definition) is 1. The number of rotatable bonds is 8. The highest BCUT2D eigenvalue weighted by molar-refractivity contribution is 14.1. The summed E-state index contributed by atoms with van der Waals surface area (Å²) in [5.41, 5.74) is 5.35. The molecule has 0 aliphatic heterocycles. The van der Waals surface area contributed by atoms with Gasteiger partial charge in [0.15, 0.2) is 11.5 Å². The second-order valence-corrected chi connectivity index (χ2v) is 8.48. The van der Waals surface area contributed by atoms with Gasteiger partial charge < -0.3 is 9.47 Å². The maximum Gasteiger partial charge on any atom is 0.244 e. The average Bonchev–Trinajstić information content (AvgIpc) is 2.74. The monoisotopic (exact) mass is 578 g/mol. The third-order valence-electron chi connectivity index (χ3n) is 4.16. The van der Waals surface area contributed by atoms with Crippen LogP contribution < -0.4 is 14.9 Å². The van der Waals surface area contributed by atoms with Gasteiger partial charge >= 0.3 is 0 Å². The summed E-state index contributed by atoms with van der Waals surface area (Å²) in [4.78, 5) is 12.0. The van der Waals surface area contributed by atoms with Gasteiger partial charge in [0.05, 0.1) is 23.3 Å². The molecular weight excluding hydrogens is 559 g/mol. The first-order valence-electron chi connectivity index (χ1n) is 9.16. The largest absolute Gasteiger partial charge is 0.493 e. The van der Waals surface area contributed by atoms with Crippen LogP contribution >= 0.6 is 38.5 Å². The molecule has 0 heterocycles. The van der Waals surface area contributed by atoms with Gasteiger partial charge in [-0.2, -0.15) is 5.10 Å². The van der Waals surface area contributed by atoms with Crippen molar-refractivity contribution in [2.45, 2.75) is 13.0 Å². The van der Waals surface area contributed by atoms with E-state index in [1.807, 2.05) is 66.7 Å². The number of hydrogen-bond acceptors (Lipinski definition) is 4. The van der Waals surface area contributed by atoms with Crippen molar-refractivity contribution in [2.75, 3.05) is 7.11 Å². The zero-order chi connectivity index (χ0) is 21.3. The number of amides is 1. The second kappa shape index (κ2) is 11.1. The summed E-state index contributed by atoms with van der Waals surface area (Å²) in [7, 11) is 1.60. The number of carbonyl (C=O) groups is 1. The molecule has 0 aromatic heterocycles. The Morgan fingerprint density at radius 1 is 1.10 bits per heavy atom. The van der Waals surface area contributed by atoms with Crippen LogP contribution in [0, 0.1) is 3.57 Å². The summed E-state index contributed by atoms with van der Waals surface area (Å²) >= 11 is 5.63. The lowest BCUT2D eigenvalue weighted by Crippen LogP contribution is -2.19. The Kier molecular flexibility index (Phi) is 8.27. The number of benzene rings is 3. The van der Waals surface area contributed by atoms with Crippen molar-refractivity contribution in [2.24, 2.45) is 5.10 Å². The topological polar surface area (TPSA) is 59.9 Å². The zero-order valence-electron chi connectivity index (χ0n) is 16.3. The van der Waals surface area contributed by atoms with Crippen molar-refractivity contribution in [1.29, 1.82) is 0 Å². The van der Waals surface area contributed by atoms with Gasteiger partial charge in [-0.05, 0) is 63.5 Å². The van der Waals surface area contributed by atoms with Gasteiger partial charge in [0.25, 0.3) is 0 Å². The number of halogens is 2. The number of methoxy groups -OCH3 is 1. The summed E-state index contributed by atoms with van der Waals surface area (Å²) < 4.78 is 13.4. The molecule has 0 aliphatic rings. The van der Waals surface area contributed by atoms with Crippen molar-refractivity contribution >= 4 is 50.6 Å². The molecule has 3 aromatic rings. The van der Waals surface area contributed by atoms with Crippen molar-refractivity contribution in [1.82, 2.24) is 5.43 Å². The van der Waals surface area contributed by atoms with Crippen LogP contribution in [0.5, 0.6) is 11.5 Å². The fraction of sp³-hybridized carbons (Fsp3) is 0.130. The van der Waals surface area contributed by atoms with Crippen LogP contribution in [-0.2, 0) is 17.8 Å². The van der Waals surface area contributed by atoms with E-state index in [1.165, 1.54) is 0 Å². The fourth-order valence-corrected chi connectivity index (χ4v) is 3.74. The molecule has 3 aromatic carbocycles. The fourth-order valence-electron chi connectivity index (χ4n) is 2.69. The van der Waals surface area contributed by atoms with E-state index in [2.05, 4.69) is 49.0 Å². The first kappa shape index (κ1) is 22.3. The van der Waals surface area contributed by atoms with E-state index >= 15 is 0 Å². The number of nitrogens with zero attached hydrogens (tertiary/aromatic N) is 1. The Labute approximate surface area is 197 Å². The van der Waals surface area contributed by atoms with E-state index < -0.39 is 0 Å². The Hall–Kier alpha value is -2.39. The number of carbonyl (C=O) groups excluding carboxylic acids is 1. The molecule has 0 unspecified atom stereocenters. The molecule has 7 heteroatoms. The van der Waals surface area contributed by atoms with Crippen LogP contribution in [0.3, 0.4) is 0 Å². The predicted molar refractivity (Wildman–Crippen MR) is 130 cm³/mol. The van der Waals surface area contributed by atoms with Crippen LogP contribution in [0.25, 0.3) is 0 Å². The van der Waals surface area contributed by atoms with E-state index in [-0.39, 0.29) is 12.3 Å². The van der Waals surface area contributed by atoms with E-state index in [9.17, 15) is 4.79 Å². The highest BCUT2D eigenvalue weighted by atomic mass is 127. The lowest BCUT2D eigenvalue weighted by Gasteiger charge is -2.13. The molecule has 1 amide bonds. The molecule has 0 fully saturated rings. The van der Waals surface area contributed by atoms with Gasteiger partial charge in [0, 0.05) is 4.47 Å². The van der Waals surface area contributed by atoms with Gasteiger partial charge in [0.1, 0.15) is 6.61 Å². The molecule has 0 atom stereocenters. The van der Waals surface area contributed by atoms with Crippen LogP contribution in [-0.4, -0.2) is 19.2 Å². The summed E-state index contributed by atoms with van der Waals surface area (Å²) in [6, 6.07) is 21.2. The molecule has 0 saturated heterocycles. The molecule has 0 spiro atoms. The van der Waals surface area contributed by atoms with E-state index in [0.717, 1.165) is 24.7 Å². The zero-order valence-corrected chi connectivity index (χ0v) is 20.0. The quantitative estimate of drug-likeness (QED) is 0.223. The van der Waals surface area contributed by atoms with Gasteiger partial charge in [-0.25, -0.2) is 5.43 Å². The maximum absolute atomic E-state index is 12.0. The number of nitrogens with one attached hydrogen (secondary N) is 1. The molecule has 154 valence electrons. The predicted octanol–water partition coefficient (Wildman–Crippen LogP) is 5.33. The van der Waals surface area contributed by atoms with Gasteiger partial charge in [-0.15, -0.1) is 0 Å². The van der Waals surface area contributed by atoms with Crippen molar-refractivity contribution in [3.8, 4) is 11.5 Å². The van der Waals surface area contributed by atoms with Crippen molar-refractivity contribution in [3.05, 3.63) is 91.5 Å². The van der Waals surface area contributed by atoms with E-state index in [4.69, 9.17) is 9.47 Å². The minimum absolute atomic E-state index is 0.173. The molecule has 0 radical (unpaired) electrons. The summed E-state index contributed by atoms with van der Waals surface area (Å²) in [6.07, 6.45) is 1.87. The highest BCUT2D eigenvalue weighted by Gasteiger charge is 2.12. The molecule has 30 heavy (non-hydrogen) atoms. The third kappa shape index (κ3) is 6.56. The van der Waals surface area contributed by atoms with Crippen molar-refractivity contribution < 1.29 is 14.3 Å². The van der Waals surface area contributed by atoms with Crippen molar-refractivity contribution in [3.63, 3.8) is 0 Å². The molecule has 3 rings (SSSR count). The Morgan fingerprint density at radius 3 is 2.53 bits per heavy atom.